The fourth-order valence-electron chi connectivity index (χ4n) is 6.42. The van der Waals surface area contributed by atoms with E-state index in [1.165, 1.54) is 0 Å². The molecule has 2 saturated heterocycles. The summed E-state index contributed by atoms with van der Waals surface area (Å²) < 4.78 is 10.9. The summed E-state index contributed by atoms with van der Waals surface area (Å²) >= 11 is 13.4. The molecule has 0 spiro atoms. The number of anilines is 1. The summed E-state index contributed by atoms with van der Waals surface area (Å²) in [5, 5.41) is 4.22. The molecule has 0 bridgehead atoms. The second-order valence-electron chi connectivity index (χ2n) is 12.4. The number of hydrogen-bond acceptors (Lipinski definition) is 7. The number of ether oxygens (including phenoxy) is 2. The Bertz CT molecular complexity index is 1280. The van der Waals surface area contributed by atoms with Crippen molar-refractivity contribution in [2.24, 2.45) is 11.3 Å². The van der Waals surface area contributed by atoms with E-state index in [2.05, 4.69) is 21.1 Å². The predicted octanol–water partition coefficient (Wildman–Crippen LogP) is 4.82. The van der Waals surface area contributed by atoms with Crippen molar-refractivity contribution in [3.8, 4) is 11.5 Å². The molecular weight excluding hydrogens is 577 g/mol. The number of hydrogen-bond donors (Lipinski definition) is 3. The van der Waals surface area contributed by atoms with Crippen LogP contribution in [0.25, 0.3) is 0 Å². The van der Waals surface area contributed by atoms with Gasteiger partial charge in [-0.2, -0.15) is 0 Å². The van der Waals surface area contributed by atoms with E-state index in [1.54, 1.807) is 20.3 Å². The number of halogens is 2. The molecule has 3 fully saturated rings. The summed E-state index contributed by atoms with van der Waals surface area (Å²) in [5.41, 5.74) is 8.83. The Morgan fingerprint density at radius 1 is 0.929 bits per heavy atom. The van der Waals surface area contributed by atoms with Gasteiger partial charge in [-0.1, -0.05) is 44.0 Å². The number of benzene rings is 2. The molecular formula is C31H41Cl2N5O4. The first kappa shape index (κ1) is 30.7. The van der Waals surface area contributed by atoms with Crippen LogP contribution in [-0.4, -0.2) is 69.3 Å². The Balaban J connectivity index is 1.17. The van der Waals surface area contributed by atoms with Crippen LogP contribution in [-0.2, 0) is 4.79 Å². The maximum atomic E-state index is 13.2. The van der Waals surface area contributed by atoms with Crippen molar-refractivity contribution in [1.29, 1.82) is 0 Å². The highest BCUT2D eigenvalue weighted by molar-refractivity contribution is 6.38. The molecule has 11 heteroatoms. The van der Waals surface area contributed by atoms with Gasteiger partial charge in [-0.3, -0.25) is 15.0 Å². The second kappa shape index (κ2) is 12.5. The molecule has 3 aliphatic rings. The van der Waals surface area contributed by atoms with Gasteiger partial charge in [-0.15, -0.1) is 0 Å². The number of carbonyl (C=O) groups is 2. The van der Waals surface area contributed by atoms with Crippen LogP contribution in [0.3, 0.4) is 0 Å². The zero-order valence-corrected chi connectivity index (χ0v) is 26.4. The minimum absolute atomic E-state index is 0.118. The summed E-state index contributed by atoms with van der Waals surface area (Å²) in [6.07, 6.45) is 2.37. The molecule has 3 N–H and O–H groups in total. The number of nitrogens with one attached hydrogen (secondary N) is 3. The summed E-state index contributed by atoms with van der Waals surface area (Å²) in [5.74, 6) is 1.51. The highest BCUT2D eigenvalue weighted by atomic mass is 35.5. The third-order valence-corrected chi connectivity index (χ3v) is 9.54. The van der Waals surface area contributed by atoms with Crippen molar-refractivity contribution in [1.82, 2.24) is 21.1 Å². The van der Waals surface area contributed by atoms with Gasteiger partial charge in [0.15, 0.2) is 0 Å². The molecule has 1 aliphatic carbocycles. The lowest BCUT2D eigenvalue weighted by Crippen LogP contribution is -2.51. The average molecular weight is 619 g/mol. The van der Waals surface area contributed by atoms with Gasteiger partial charge in [0.2, 0.25) is 5.91 Å². The zero-order valence-electron chi connectivity index (χ0n) is 24.9. The summed E-state index contributed by atoms with van der Waals surface area (Å²) in [4.78, 5) is 30.0. The third-order valence-electron chi connectivity index (χ3n) is 8.76. The fourth-order valence-corrected chi connectivity index (χ4v) is 7.23. The van der Waals surface area contributed by atoms with Gasteiger partial charge in [-0.05, 0) is 49.4 Å². The molecule has 0 aromatic heterocycles. The van der Waals surface area contributed by atoms with E-state index in [4.69, 9.17) is 32.7 Å². The number of fused-ring (bicyclic) bond motifs is 1. The van der Waals surface area contributed by atoms with E-state index < -0.39 is 0 Å². The van der Waals surface area contributed by atoms with Gasteiger partial charge in [0.1, 0.15) is 11.5 Å². The van der Waals surface area contributed by atoms with E-state index in [0.29, 0.717) is 40.2 Å². The first-order valence-electron chi connectivity index (χ1n) is 14.6. The number of hydrazine groups is 1. The lowest BCUT2D eigenvalue weighted by atomic mass is 9.75. The molecule has 4 atom stereocenters. The van der Waals surface area contributed by atoms with Crippen molar-refractivity contribution < 1.29 is 19.1 Å². The van der Waals surface area contributed by atoms with Gasteiger partial charge in [0.05, 0.1) is 30.4 Å². The van der Waals surface area contributed by atoms with E-state index >= 15 is 0 Å². The molecule has 2 aliphatic heterocycles. The number of amides is 2. The Hall–Kier alpha value is -2.72. The Morgan fingerprint density at radius 3 is 2.12 bits per heavy atom. The van der Waals surface area contributed by atoms with Crippen molar-refractivity contribution in [3.05, 3.63) is 51.5 Å². The SMILES string of the molecule is COc1cc(OC)c(Cl)c(C2CCC3C(C2)NNC3NC(=O)c2ccc(N3CCN(C(=O)C(C)(C)C)CC3)cc2)c1Cl. The minimum Gasteiger partial charge on any atom is -0.495 e. The minimum atomic E-state index is -0.369. The van der Waals surface area contributed by atoms with Crippen molar-refractivity contribution in [2.75, 3.05) is 45.3 Å². The van der Waals surface area contributed by atoms with Gasteiger partial charge >= 0.3 is 0 Å². The van der Waals surface area contributed by atoms with Crippen LogP contribution in [0.5, 0.6) is 11.5 Å². The topological polar surface area (TPSA) is 95.2 Å². The monoisotopic (exact) mass is 617 g/mol. The van der Waals surface area contributed by atoms with E-state index in [-0.39, 0.29) is 41.3 Å². The maximum Gasteiger partial charge on any atom is 0.252 e. The van der Waals surface area contributed by atoms with Gasteiger partial charge < -0.3 is 24.6 Å². The lowest BCUT2D eigenvalue weighted by molar-refractivity contribution is -0.139. The Labute approximate surface area is 258 Å². The number of rotatable bonds is 6. The van der Waals surface area contributed by atoms with Crippen LogP contribution in [0.15, 0.2) is 30.3 Å². The largest absolute Gasteiger partial charge is 0.495 e. The molecule has 2 aromatic rings. The van der Waals surface area contributed by atoms with Gasteiger partial charge in [0.25, 0.3) is 5.91 Å². The number of piperazine rings is 1. The number of methoxy groups -OCH3 is 2. The van der Waals surface area contributed by atoms with Crippen LogP contribution in [0, 0.1) is 11.3 Å². The molecule has 2 amide bonds. The smallest absolute Gasteiger partial charge is 0.252 e. The lowest BCUT2D eigenvalue weighted by Gasteiger charge is -2.38. The van der Waals surface area contributed by atoms with Crippen molar-refractivity contribution >= 4 is 40.7 Å². The average Bonchev–Trinajstić information content (AvgIpc) is 3.38. The van der Waals surface area contributed by atoms with E-state index in [9.17, 15) is 9.59 Å². The summed E-state index contributed by atoms with van der Waals surface area (Å²) in [6.45, 7) is 8.82. The molecule has 4 unspecified atom stereocenters. The van der Waals surface area contributed by atoms with Crippen LogP contribution < -0.4 is 30.5 Å². The molecule has 42 heavy (non-hydrogen) atoms. The molecule has 1 saturated carbocycles. The maximum absolute atomic E-state index is 13.2. The predicted molar refractivity (Wildman–Crippen MR) is 166 cm³/mol. The van der Waals surface area contributed by atoms with E-state index in [1.807, 2.05) is 49.9 Å². The fraction of sp³-hybridized carbons (Fsp3) is 0.548. The molecule has 228 valence electrons. The van der Waals surface area contributed by atoms with Crippen molar-refractivity contribution in [3.63, 3.8) is 0 Å². The quantitative estimate of drug-likeness (QED) is 0.428. The highest BCUT2D eigenvalue weighted by Gasteiger charge is 2.42. The Kier molecular flexibility index (Phi) is 9.13. The van der Waals surface area contributed by atoms with Crippen LogP contribution in [0.4, 0.5) is 5.69 Å². The van der Waals surface area contributed by atoms with Crippen LogP contribution in [0.2, 0.25) is 10.0 Å². The van der Waals surface area contributed by atoms with E-state index in [0.717, 1.165) is 43.6 Å². The highest BCUT2D eigenvalue weighted by Crippen LogP contribution is 2.49. The molecule has 0 radical (unpaired) electrons. The van der Waals surface area contributed by atoms with Crippen molar-refractivity contribution in [2.45, 2.75) is 58.2 Å². The summed E-state index contributed by atoms with van der Waals surface area (Å²) in [7, 11) is 3.16. The first-order chi connectivity index (χ1) is 20.0. The van der Waals surface area contributed by atoms with Crippen LogP contribution in [0.1, 0.15) is 61.9 Å². The molecule has 9 nitrogen and oxygen atoms in total. The normalized spacial score (nSPS) is 24.3. The standard InChI is InChI=1S/C31H41Cl2N5O4/c1-31(2,3)30(40)38-14-12-37(13-15-38)20-9-6-18(7-10-20)29(39)34-28-21-11-8-19(16-22(21)35-36-28)25-26(32)23(41-4)17-24(42-5)27(25)33/h6-7,9-10,17,19,21-22,28,35-36H,8,11-16H2,1-5H3,(H,34,39). The summed E-state index contributed by atoms with van der Waals surface area (Å²) in [6, 6.07) is 9.57. The zero-order chi connectivity index (χ0) is 30.2. The van der Waals surface area contributed by atoms with Crippen LogP contribution >= 0.6 is 23.2 Å². The van der Waals surface area contributed by atoms with Gasteiger partial charge in [0, 0.05) is 66.4 Å². The Morgan fingerprint density at radius 2 is 1.55 bits per heavy atom. The molecule has 2 heterocycles. The number of carbonyl (C=O) groups excluding carboxylic acids is 2. The molecule has 2 aromatic carbocycles. The molecule has 5 rings (SSSR count). The second-order valence-corrected chi connectivity index (χ2v) is 13.2. The number of nitrogens with zero attached hydrogens (tertiary/aromatic N) is 2. The van der Waals surface area contributed by atoms with Gasteiger partial charge in [-0.25, -0.2) is 5.43 Å². The third kappa shape index (κ3) is 6.16. The first-order valence-corrected chi connectivity index (χ1v) is 15.3.